The van der Waals surface area contributed by atoms with Crippen molar-refractivity contribution < 1.29 is 18.9 Å². The first-order valence-corrected chi connectivity index (χ1v) is 9.93. The third-order valence-electron chi connectivity index (χ3n) is 6.64. The molecule has 0 saturated carbocycles. The minimum absolute atomic E-state index is 0. The van der Waals surface area contributed by atoms with Crippen LogP contribution in [-0.4, -0.2) is 59.0 Å². The van der Waals surface area contributed by atoms with E-state index in [0.717, 1.165) is 48.5 Å². The molecular weight excluding hydrogens is 396 g/mol. The second-order valence-corrected chi connectivity index (χ2v) is 8.22. The van der Waals surface area contributed by atoms with Gasteiger partial charge in [-0.3, -0.25) is 4.79 Å². The quantitative estimate of drug-likeness (QED) is 0.773. The Morgan fingerprint density at radius 3 is 2.45 bits per heavy atom. The van der Waals surface area contributed by atoms with Crippen molar-refractivity contribution in [2.24, 2.45) is 11.3 Å². The van der Waals surface area contributed by atoms with E-state index in [2.05, 4.69) is 15.6 Å². The van der Waals surface area contributed by atoms with Crippen LogP contribution in [-0.2, 0) is 6.42 Å². The summed E-state index contributed by atoms with van der Waals surface area (Å²) in [5.41, 5.74) is 2.92. The second-order valence-electron chi connectivity index (χ2n) is 8.22. The molecule has 0 bridgehead atoms. The van der Waals surface area contributed by atoms with Gasteiger partial charge in [-0.1, -0.05) is 10.3 Å². The standard InChI is InChI=1S/C20H28N4O4.ClH/c1-12-16(13(2)27-22-12)8-17-14(3)28-23-18(17)19(26)24-9-15(10-25)20(11-24)4-6-21-7-5-20;/h15,21,25H,4-11H2,1-3H3;1H. The van der Waals surface area contributed by atoms with Crippen LogP contribution in [0.15, 0.2) is 9.05 Å². The normalized spacial score (nSPS) is 20.8. The van der Waals surface area contributed by atoms with Gasteiger partial charge >= 0.3 is 0 Å². The lowest BCUT2D eigenvalue weighted by Gasteiger charge is -2.37. The summed E-state index contributed by atoms with van der Waals surface area (Å²) in [6, 6.07) is 0. The predicted octanol–water partition coefficient (Wildman–Crippen LogP) is 2.03. The number of aryl methyl sites for hydroxylation is 3. The van der Waals surface area contributed by atoms with Crippen molar-refractivity contribution in [1.29, 1.82) is 0 Å². The number of carbonyl (C=O) groups excluding carboxylic acids is 1. The number of nitrogens with zero attached hydrogens (tertiary/aromatic N) is 3. The molecule has 2 aromatic heterocycles. The van der Waals surface area contributed by atoms with Crippen LogP contribution in [0.25, 0.3) is 0 Å². The number of hydrogen-bond acceptors (Lipinski definition) is 7. The van der Waals surface area contributed by atoms with Crippen molar-refractivity contribution in [3.8, 4) is 0 Å². The number of carbonyl (C=O) groups is 1. The number of amides is 1. The van der Waals surface area contributed by atoms with E-state index in [-0.39, 0.29) is 36.3 Å². The molecule has 0 radical (unpaired) electrons. The lowest BCUT2D eigenvalue weighted by molar-refractivity contribution is 0.0745. The third-order valence-corrected chi connectivity index (χ3v) is 6.64. The van der Waals surface area contributed by atoms with E-state index >= 15 is 0 Å². The molecule has 1 atom stereocenters. The Morgan fingerprint density at radius 1 is 1.17 bits per heavy atom. The van der Waals surface area contributed by atoms with Crippen LogP contribution in [0.4, 0.5) is 0 Å². The summed E-state index contributed by atoms with van der Waals surface area (Å²) in [7, 11) is 0. The molecule has 2 aromatic rings. The molecule has 2 saturated heterocycles. The van der Waals surface area contributed by atoms with Crippen LogP contribution in [0.5, 0.6) is 0 Å². The smallest absolute Gasteiger partial charge is 0.276 e. The number of piperidine rings is 1. The first kappa shape index (κ1) is 21.8. The average Bonchev–Trinajstić information content (AvgIpc) is 3.34. The van der Waals surface area contributed by atoms with Crippen LogP contribution < -0.4 is 5.32 Å². The zero-order valence-corrected chi connectivity index (χ0v) is 18.0. The Balaban J connectivity index is 0.00000240. The van der Waals surface area contributed by atoms with E-state index in [1.54, 1.807) is 0 Å². The molecule has 2 N–H and O–H groups in total. The topological polar surface area (TPSA) is 105 Å². The van der Waals surface area contributed by atoms with E-state index in [4.69, 9.17) is 9.05 Å². The lowest BCUT2D eigenvalue weighted by atomic mass is 9.71. The molecule has 1 unspecified atom stereocenters. The molecule has 1 amide bonds. The number of likely N-dealkylation sites (tertiary alicyclic amines) is 1. The fourth-order valence-corrected chi connectivity index (χ4v) is 4.78. The summed E-state index contributed by atoms with van der Waals surface area (Å²) in [6.45, 7) is 8.77. The van der Waals surface area contributed by atoms with Gasteiger partial charge in [0.15, 0.2) is 5.69 Å². The molecule has 4 rings (SSSR count). The highest BCUT2D eigenvalue weighted by Crippen LogP contribution is 2.43. The highest BCUT2D eigenvalue weighted by Gasteiger charge is 2.48. The van der Waals surface area contributed by atoms with Crippen molar-refractivity contribution in [2.45, 2.75) is 40.0 Å². The van der Waals surface area contributed by atoms with Crippen LogP contribution in [0.3, 0.4) is 0 Å². The van der Waals surface area contributed by atoms with Gasteiger partial charge in [-0.2, -0.15) is 0 Å². The molecule has 8 nitrogen and oxygen atoms in total. The van der Waals surface area contributed by atoms with Gasteiger partial charge in [0.25, 0.3) is 5.91 Å². The minimum Gasteiger partial charge on any atom is -0.396 e. The van der Waals surface area contributed by atoms with E-state index in [9.17, 15) is 9.90 Å². The Labute approximate surface area is 176 Å². The van der Waals surface area contributed by atoms with Gasteiger partial charge in [-0.15, -0.1) is 12.4 Å². The highest BCUT2D eigenvalue weighted by atomic mass is 35.5. The Bertz CT molecular complexity index is 852. The van der Waals surface area contributed by atoms with Gasteiger partial charge in [0.2, 0.25) is 0 Å². The molecule has 2 fully saturated rings. The molecule has 2 aliphatic rings. The molecule has 1 spiro atoms. The summed E-state index contributed by atoms with van der Waals surface area (Å²) < 4.78 is 10.6. The van der Waals surface area contributed by atoms with Crippen molar-refractivity contribution in [2.75, 3.05) is 32.8 Å². The number of nitrogens with one attached hydrogen (secondary N) is 1. The third kappa shape index (κ3) is 3.81. The van der Waals surface area contributed by atoms with Gasteiger partial charge in [-0.05, 0) is 52.1 Å². The molecule has 4 heterocycles. The summed E-state index contributed by atoms with van der Waals surface area (Å²) in [5, 5.41) is 21.4. The summed E-state index contributed by atoms with van der Waals surface area (Å²) in [4.78, 5) is 15.2. The van der Waals surface area contributed by atoms with E-state index in [1.807, 2.05) is 25.7 Å². The van der Waals surface area contributed by atoms with Crippen LogP contribution in [0.2, 0.25) is 0 Å². The first-order chi connectivity index (χ1) is 13.4. The van der Waals surface area contributed by atoms with Gasteiger partial charge in [-0.25, -0.2) is 0 Å². The van der Waals surface area contributed by atoms with Gasteiger partial charge in [0.1, 0.15) is 11.5 Å². The van der Waals surface area contributed by atoms with Crippen LogP contribution >= 0.6 is 12.4 Å². The Kier molecular flexibility index (Phi) is 6.36. The van der Waals surface area contributed by atoms with Gasteiger partial charge in [0.05, 0.1) is 5.69 Å². The van der Waals surface area contributed by atoms with Crippen LogP contribution in [0, 0.1) is 32.1 Å². The first-order valence-electron chi connectivity index (χ1n) is 9.93. The van der Waals surface area contributed by atoms with Crippen molar-refractivity contribution in [3.63, 3.8) is 0 Å². The number of hydrogen-bond donors (Lipinski definition) is 2. The SMILES string of the molecule is Cc1noc(C)c1Cc1c(C(=O)N2CC(CO)C3(CCNCC3)C2)noc1C.Cl. The molecular formula is C20H29ClN4O4. The zero-order valence-electron chi connectivity index (χ0n) is 17.2. The molecule has 29 heavy (non-hydrogen) atoms. The molecule has 0 aliphatic carbocycles. The van der Waals surface area contributed by atoms with E-state index in [0.29, 0.717) is 31.0 Å². The second kappa shape index (κ2) is 8.45. The summed E-state index contributed by atoms with van der Waals surface area (Å²) in [6.07, 6.45) is 2.46. The average molecular weight is 425 g/mol. The maximum absolute atomic E-state index is 13.3. The van der Waals surface area contributed by atoms with Crippen LogP contribution in [0.1, 0.15) is 51.7 Å². The van der Waals surface area contributed by atoms with Crippen molar-refractivity contribution in [1.82, 2.24) is 20.5 Å². The molecule has 2 aliphatic heterocycles. The largest absolute Gasteiger partial charge is 0.396 e. The van der Waals surface area contributed by atoms with E-state index < -0.39 is 0 Å². The summed E-state index contributed by atoms with van der Waals surface area (Å²) >= 11 is 0. The van der Waals surface area contributed by atoms with Crippen molar-refractivity contribution >= 4 is 18.3 Å². The molecule has 0 aromatic carbocycles. The van der Waals surface area contributed by atoms with Gasteiger partial charge < -0.3 is 24.4 Å². The summed E-state index contributed by atoms with van der Waals surface area (Å²) in [5.74, 6) is 1.37. The fourth-order valence-electron chi connectivity index (χ4n) is 4.78. The monoisotopic (exact) mass is 424 g/mol. The molecule has 160 valence electrons. The number of aliphatic hydroxyl groups excluding tert-OH is 1. The van der Waals surface area contributed by atoms with Gasteiger partial charge in [0, 0.05) is 43.2 Å². The van der Waals surface area contributed by atoms with Crippen molar-refractivity contribution in [3.05, 3.63) is 34.0 Å². The highest BCUT2D eigenvalue weighted by molar-refractivity contribution is 5.94. The zero-order chi connectivity index (χ0) is 19.9. The maximum atomic E-state index is 13.3. The number of aromatic nitrogens is 2. The Morgan fingerprint density at radius 2 is 1.83 bits per heavy atom. The number of aliphatic hydroxyl groups is 1. The maximum Gasteiger partial charge on any atom is 0.276 e. The minimum atomic E-state index is -0.118. The number of halogens is 1. The Hall–Kier alpha value is -1.90. The van der Waals surface area contributed by atoms with E-state index in [1.165, 1.54) is 0 Å². The predicted molar refractivity (Wildman–Crippen MR) is 108 cm³/mol. The molecule has 9 heteroatoms. The number of rotatable bonds is 4. The fraction of sp³-hybridized carbons (Fsp3) is 0.650. The lowest BCUT2D eigenvalue weighted by Crippen LogP contribution is -2.43.